The monoisotopic (exact) mass is 137 g/mol. The summed E-state index contributed by atoms with van der Waals surface area (Å²) in [6.45, 7) is 0. The quantitative estimate of drug-likeness (QED) is 0.377. The largest absolute Gasteiger partial charge is 0.302 e. The molecule has 1 aromatic carbocycles. The van der Waals surface area contributed by atoms with Gasteiger partial charge in [0.15, 0.2) is 0 Å². The third kappa shape index (κ3) is 1.90. The Morgan fingerprint density at radius 1 is 1.22 bits per heavy atom. The normalized spacial score (nSPS) is 8.89. The highest BCUT2D eigenvalue weighted by atomic mass is 32.2. The zero-order chi connectivity index (χ0) is 6.53. The van der Waals surface area contributed by atoms with Crippen LogP contribution >= 0.6 is 11.8 Å². The average molecular weight is 137 g/mol. The van der Waals surface area contributed by atoms with Crippen LogP contribution in [0.2, 0.25) is 0 Å². The fraction of sp³-hybridized carbons (Fsp3) is 0. The Balaban J connectivity index is 2.72. The second-order valence-corrected chi connectivity index (χ2v) is 2.49. The molecule has 0 unspecified atom stereocenters. The van der Waals surface area contributed by atoms with E-state index in [4.69, 9.17) is 5.41 Å². The van der Waals surface area contributed by atoms with Crippen LogP contribution in [0.1, 0.15) is 0 Å². The van der Waals surface area contributed by atoms with Crippen molar-refractivity contribution in [1.29, 1.82) is 5.41 Å². The molecule has 0 aromatic heterocycles. The SMILES string of the molecule is N=CSc1ccccc1. The third-order valence-electron chi connectivity index (χ3n) is 0.938. The van der Waals surface area contributed by atoms with Crippen LogP contribution in [0.4, 0.5) is 0 Å². The lowest BCUT2D eigenvalue weighted by molar-refractivity contribution is 1.47. The van der Waals surface area contributed by atoms with Crippen molar-refractivity contribution < 1.29 is 0 Å². The first-order valence-electron chi connectivity index (χ1n) is 2.64. The third-order valence-corrected chi connectivity index (χ3v) is 1.60. The zero-order valence-electron chi connectivity index (χ0n) is 4.87. The van der Waals surface area contributed by atoms with Crippen LogP contribution in [0.25, 0.3) is 0 Å². The molecule has 1 rings (SSSR count). The van der Waals surface area contributed by atoms with Gasteiger partial charge in [-0.05, 0) is 12.1 Å². The molecule has 0 saturated carbocycles. The van der Waals surface area contributed by atoms with Crippen LogP contribution in [-0.2, 0) is 0 Å². The van der Waals surface area contributed by atoms with E-state index in [0.29, 0.717) is 0 Å². The van der Waals surface area contributed by atoms with Crippen LogP contribution in [0, 0.1) is 5.41 Å². The number of hydrogen-bond acceptors (Lipinski definition) is 2. The fourth-order valence-electron chi connectivity index (χ4n) is 0.567. The van der Waals surface area contributed by atoms with E-state index in [2.05, 4.69) is 0 Å². The van der Waals surface area contributed by atoms with Gasteiger partial charge in [-0.2, -0.15) is 0 Å². The first kappa shape index (κ1) is 6.36. The minimum atomic E-state index is 1.12. The second kappa shape index (κ2) is 3.30. The Labute approximate surface area is 58.6 Å². The van der Waals surface area contributed by atoms with E-state index in [9.17, 15) is 0 Å². The molecule has 0 saturated heterocycles. The Hall–Kier alpha value is -0.760. The number of thioether (sulfide) groups is 1. The van der Waals surface area contributed by atoms with Gasteiger partial charge >= 0.3 is 0 Å². The summed E-state index contributed by atoms with van der Waals surface area (Å²) in [4.78, 5) is 1.12. The van der Waals surface area contributed by atoms with E-state index in [0.717, 1.165) is 4.90 Å². The van der Waals surface area contributed by atoms with Gasteiger partial charge in [0.05, 0.1) is 5.55 Å². The molecular formula is C7H7NS. The molecule has 0 bridgehead atoms. The van der Waals surface area contributed by atoms with Crippen molar-refractivity contribution in [3.8, 4) is 0 Å². The molecular weight excluding hydrogens is 130 g/mol. The van der Waals surface area contributed by atoms with Crippen LogP contribution in [-0.4, -0.2) is 5.55 Å². The highest BCUT2D eigenvalue weighted by Crippen LogP contribution is 2.12. The van der Waals surface area contributed by atoms with Gasteiger partial charge in [0.25, 0.3) is 0 Å². The summed E-state index contributed by atoms with van der Waals surface area (Å²) < 4.78 is 0. The van der Waals surface area contributed by atoms with Gasteiger partial charge in [-0.3, -0.25) is 0 Å². The van der Waals surface area contributed by atoms with Crippen molar-refractivity contribution in [2.24, 2.45) is 0 Å². The predicted molar refractivity (Wildman–Crippen MR) is 41.1 cm³/mol. The number of rotatable bonds is 2. The van der Waals surface area contributed by atoms with Crippen LogP contribution in [0.5, 0.6) is 0 Å². The van der Waals surface area contributed by atoms with Gasteiger partial charge in [-0.25, -0.2) is 0 Å². The molecule has 0 heterocycles. The van der Waals surface area contributed by atoms with E-state index in [1.54, 1.807) is 0 Å². The molecule has 9 heavy (non-hydrogen) atoms. The molecule has 0 aliphatic heterocycles. The minimum Gasteiger partial charge on any atom is -0.302 e. The predicted octanol–water partition coefficient (Wildman–Crippen LogP) is 2.39. The van der Waals surface area contributed by atoms with E-state index in [1.165, 1.54) is 17.3 Å². The molecule has 0 aliphatic rings. The Bertz CT molecular complexity index is 183. The fourth-order valence-corrected chi connectivity index (χ4v) is 1.02. The molecule has 0 fully saturated rings. The van der Waals surface area contributed by atoms with Crippen molar-refractivity contribution in [2.45, 2.75) is 4.90 Å². The maximum Gasteiger partial charge on any atom is 0.0554 e. The summed E-state index contributed by atoms with van der Waals surface area (Å²) in [7, 11) is 0. The lowest BCUT2D eigenvalue weighted by Gasteiger charge is -1.89. The van der Waals surface area contributed by atoms with Crippen LogP contribution in [0.15, 0.2) is 35.2 Å². The summed E-state index contributed by atoms with van der Waals surface area (Å²) >= 11 is 1.42. The van der Waals surface area contributed by atoms with Crippen LogP contribution in [0.3, 0.4) is 0 Å². The summed E-state index contributed by atoms with van der Waals surface area (Å²) in [5, 5.41) is 6.78. The van der Waals surface area contributed by atoms with Gasteiger partial charge in [-0.15, -0.1) is 0 Å². The number of benzene rings is 1. The average Bonchev–Trinajstić information content (AvgIpc) is 1.91. The van der Waals surface area contributed by atoms with Gasteiger partial charge in [0.1, 0.15) is 0 Å². The molecule has 0 radical (unpaired) electrons. The highest BCUT2D eigenvalue weighted by Gasteiger charge is 1.83. The summed E-state index contributed by atoms with van der Waals surface area (Å²) in [5.74, 6) is 0. The van der Waals surface area contributed by atoms with E-state index >= 15 is 0 Å². The second-order valence-electron chi connectivity index (χ2n) is 1.55. The molecule has 46 valence electrons. The zero-order valence-corrected chi connectivity index (χ0v) is 5.69. The number of nitrogens with one attached hydrogen (secondary N) is 1. The first-order chi connectivity index (χ1) is 4.43. The smallest absolute Gasteiger partial charge is 0.0554 e. The van der Waals surface area contributed by atoms with Crippen LogP contribution < -0.4 is 0 Å². The standard InChI is InChI=1S/C7H7NS/c8-6-9-7-4-2-1-3-5-7/h1-6,8H. The Morgan fingerprint density at radius 3 is 2.44 bits per heavy atom. The molecule has 0 amide bonds. The first-order valence-corrected chi connectivity index (χ1v) is 3.52. The highest BCUT2D eigenvalue weighted by molar-refractivity contribution is 8.12. The lowest BCUT2D eigenvalue weighted by atomic mass is 10.4. The van der Waals surface area contributed by atoms with Crippen molar-refractivity contribution in [2.75, 3.05) is 0 Å². The summed E-state index contributed by atoms with van der Waals surface area (Å²) in [5.41, 5.74) is 1.33. The molecule has 1 nitrogen and oxygen atoms in total. The molecule has 0 atom stereocenters. The van der Waals surface area contributed by atoms with Gasteiger partial charge in [-0.1, -0.05) is 30.0 Å². The Kier molecular flexibility index (Phi) is 2.33. The van der Waals surface area contributed by atoms with Crippen molar-refractivity contribution in [1.82, 2.24) is 0 Å². The molecule has 2 heteroatoms. The van der Waals surface area contributed by atoms with Crippen molar-refractivity contribution >= 4 is 17.3 Å². The maximum absolute atomic E-state index is 6.78. The number of hydrogen-bond donors (Lipinski definition) is 1. The summed E-state index contributed by atoms with van der Waals surface area (Å²) in [6.07, 6.45) is 0. The molecule has 0 spiro atoms. The Morgan fingerprint density at radius 2 is 1.89 bits per heavy atom. The van der Waals surface area contributed by atoms with Gasteiger partial charge in [0, 0.05) is 4.90 Å². The topological polar surface area (TPSA) is 23.9 Å². The molecule has 0 aliphatic carbocycles. The lowest BCUT2D eigenvalue weighted by Crippen LogP contribution is -1.65. The van der Waals surface area contributed by atoms with E-state index < -0.39 is 0 Å². The molecule has 1 aromatic rings. The maximum atomic E-state index is 6.78. The van der Waals surface area contributed by atoms with Gasteiger partial charge in [0.2, 0.25) is 0 Å². The van der Waals surface area contributed by atoms with Crippen molar-refractivity contribution in [3.63, 3.8) is 0 Å². The molecule has 1 N–H and O–H groups in total. The van der Waals surface area contributed by atoms with Gasteiger partial charge < -0.3 is 5.41 Å². The van der Waals surface area contributed by atoms with E-state index in [-0.39, 0.29) is 0 Å². The van der Waals surface area contributed by atoms with Crippen molar-refractivity contribution in [3.05, 3.63) is 30.3 Å². The minimum absolute atomic E-state index is 1.12. The van der Waals surface area contributed by atoms with E-state index in [1.807, 2.05) is 30.3 Å². The summed E-state index contributed by atoms with van der Waals surface area (Å²) in [6, 6.07) is 9.86.